The Kier molecular flexibility index (Phi) is 4.69. The van der Waals surface area contributed by atoms with Crippen LogP contribution in [0.25, 0.3) is 11.5 Å². The lowest BCUT2D eigenvalue weighted by Gasteiger charge is -2.35. The van der Waals surface area contributed by atoms with Gasteiger partial charge in [-0.2, -0.15) is 0 Å². The predicted molar refractivity (Wildman–Crippen MR) is 98.6 cm³/mol. The Bertz CT molecular complexity index is 903. The standard InChI is InChI=1S/C19H19N5O3/c1-26-18-14(4-2-8-20-18)19(25)24-11-9-23(10-12-24)17-7-6-15(21-22-17)16-5-3-13-27-16/h2-8,13H,9-12H2,1H3. The van der Waals surface area contributed by atoms with E-state index in [9.17, 15) is 4.79 Å². The van der Waals surface area contributed by atoms with Crippen LogP contribution in [-0.4, -0.2) is 59.3 Å². The lowest BCUT2D eigenvalue weighted by molar-refractivity contribution is 0.0742. The average molecular weight is 365 g/mol. The van der Waals surface area contributed by atoms with Crippen LogP contribution in [0.3, 0.4) is 0 Å². The highest BCUT2D eigenvalue weighted by Crippen LogP contribution is 2.21. The van der Waals surface area contributed by atoms with Crippen molar-refractivity contribution in [2.45, 2.75) is 0 Å². The fourth-order valence-corrected chi connectivity index (χ4v) is 3.07. The summed E-state index contributed by atoms with van der Waals surface area (Å²) in [5.41, 5.74) is 1.18. The second-order valence-corrected chi connectivity index (χ2v) is 6.09. The number of aromatic nitrogens is 3. The van der Waals surface area contributed by atoms with E-state index >= 15 is 0 Å². The molecule has 0 atom stereocenters. The van der Waals surface area contributed by atoms with Crippen LogP contribution < -0.4 is 9.64 Å². The van der Waals surface area contributed by atoms with E-state index in [1.165, 1.54) is 7.11 Å². The van der Waals surface area contributed by atoms with E-state index in [1.54, 1.807) is 29.5 Å². The first kappa shape index (κ1) is 17.0. The third-order valence-electron chi connectivity index (χ3n) is 4.51. The Hall–Kier alpha value is -3.42. The Morgan fingerprint density at radius 2 is 1.93 bits per heavy atom. The molecular formula is C19H19N5O3. The molecule has 1 saturated heterocycles. The van der Waals surface area contributed by atoms with Gasteiger partial charge in [-0.1, -0.05) is 0 Å². The van der Waals surface area contributed by atoms with Crippen LogP contribution in [0.5, 0.6) is 5.88 Å². The molecule has 1 fully saturated rings. The van der Waals surface area contributed by atoms with Crippen LogP contribution in [0.2, 0.25) is 0 Å². The van der Waals surface area contributed by atoms with E-state index in [0.717, 1.165) is 5.82 Å². The zero-order valence-electron chi connectivity index (χ0n) is 14.9. The number of ether oxygens (including phenoxy) is 1. The number of carbonyl (C=O) groups excluding carboxylic acids is 1. The molecule has 0 spiro atoms. The van der Waals surface area contributed by atoms with Crippen molar-refractivity contribution in [1.29, 1.82) is 0 Å². The minimum atomic E-state index is -0.0705. The largest absolute Gasteiger partial charge is 0.480 e. The van der Waals surface area contributed by atoms with Crippen LogP contribution in [0.1, 0.15) is 10.4 Å². The number of furan rings is 1. The molecule has 0 saturated carbocycles. The van der Waals surface area contributed by atoms with Crippen LogP contribution in [-0.2, 0) is 0 Å². The van der Waals surface area contributed by atoms with Gasteiger partial charge in [0.2, 0.25) is 5.88 Å². The molecule has 4 rings (SSSR count). The van der Waals surface area contributed by atoms with Gasteiger partial charge in [0.25, 0.3) is 5.91 Å². The van der Waals surface area contributed by atoms with Gasteiger partial charge in [-0.05, 0) is 36.4 Å². The molecule has 3 aromatic rings. The van der Waals surface area contributed by atoms with E-state index < -0.39 is 0 Å². The molecule has 8 nitrogen and oxygen atoms in total. The Morgan fingerprint density at radius 1 is 1.07 bits per heavy atom. The average Bonchev–Trinajstić information content (AvgIpc) is 3.28. The van der Waals surface area contributed by atoms with Gasteiger partial charge in [-0.3, -0.25) is 4.79 Å². The summed E-state index contributed by atoms with van der Waals surface area (Å²) in [4.78, 5) is 20.8. The van der Waals surface area contributed by atoms with Gasteiger partial charge < -0.3 is 19.0 Å². The Balaban J connectivity index is 1.41. The maximum atomic E-state index is 12.7. The molecular weight excluding hydrogens is 346 g/mol. The number of anilines is 1. The SMILES string of the molecule is COc1ncccc1C(=O)N1CCN(c2ccc(-c3ccco3)nn2)CC1. The molecule has 1 aliphatic rings. The van der Waals surface area contributed by atoms with Crippen molar-refractivity contribution in [2.24, 2.45) is 0 Å². The quantitative estimate of drug-likeness (QED) is 0.700. The molecule has 138 valence electrons. The van der Waals surface area contributed by atoms with E-state index in [4.69, 9.17) is 9.15 Å². The summed E-state index contributed by atoms with van der Waals surface area (Å²) in [6.07, 6.45) is 3.22. The highest BCUT2D eigenvalue weighted by Gasteiger charge is 2.25. The molecule has 1 amide bonds. The Morgan fingerprint density at radius 3 is 2.59 bits per heavy atom. The first-order chi connectivity index (χ1) is 13.3. The first-order valence-electron chi connectivity index (χ1n) is 8.67. The summed E-state index contributed by atoms with van der Waals surface area (Å²) >= 11 is 0. The third kappa shape index (κ3) is 3.46. The molecule has 27 heavy (non-hydrogen) atoms. The molecule has 0 aliphatic carbocycles. The van der Waals surface area contributed by atoms with Crippen molar-refractivity contribution >= 4 is 11.7 Å². The minimum Gasteiger partial charge on any atom is -0.480 e. The van der Waals surface area contributed by atoms with Gasteiger partial charge in [0.1, 0.15) is 11.3 Å². The van der Waals surface area contributed by atoms with Gasteiger partial charge in [0, 0.05) is 32.4 Å². The van der Waals surface area contributed by atoms with Gasteiger partial charge in [0.15, 0.2) is 11.6 Å². The number of hydrogen-bond acceptors (Lipinski definition) is 7. The van der Waals surface area contributed by atoms with E-state index in [2.05, 4.69) is 20.1 Å². The fourth-order valence-electron chi connectivity index (χ4n) is 3.07. The maximum absolute atomic E-state index is 12.7. The predicted octanol–water partition coefficient (Wildman–Crippen LogP) is 2.10. The zero-order chi connectivity index (χ0) is 18.6. The second-order valence-electron chi connectivity index (χ2n) is 6.09. The summed E-state index contributed by atoms with van der Waals surface area (Å²) in [5, 5.41) is 8.53. The molecule has 1 aliphatic heterocycles. The monoisotopic (exact) mass is 365 g/mol. The Labute approximate surface area is 156 Å². The molecule has 0 N–H and O–H groups in total. The van der Waals surface area contributed by atoms with Crippen LogP contribution in [0.4, 0.5) is 5.82 Å². The first-order valence-corrected chi connectivity index (χ1v) is 8.67. The van der Waals surface area contributed by atoms with Crippen LogP contribution >= 0.6 is 0 Å². The molecule has 0 unspecified atom stereocenters. The van der Waals surface area contributed by atoms with Crippen molar-refractivity contribution in [1.82, 2.24) is 20.1 Å². The van der Waals surface area contributed by atoms with Crippen molar-refractivity contribution in [2.75, 3.05) is 38.2 Å². The minimum absolute atomic E-state index is 0.0705. The highest BCUT2D eigenvalue weighted by atomic mass is 16.5. The number of piperazine rings is 1. The van der Waals surface area contributed by atoms with Crippen LogP contribution in [0, 0.1) is 0 Å². The van der Waals surface area contributed by atoms with Crippen molar-refractivity contribution < 1.29 is 13.9 Å². The lowest BCUT2D eigenvalue weighted by Crippen LogP contribution is -2.49. The van der Waals surface area contributed by atoms with E-state index in [-0.39, 0.29) is 5.91 Å². The smallest absolute Gasteiger partial charge is 0.259 e. The fraction of sp³-hybridized carbons (Fsp3) is 0.263. The van der Waals surface area contributed by atoms with Gasteiger partial charge in [-0.15, -0.1) is 10.2 Å². The number of amides is 1. The molecule has 4 heterocycles. The summed E-state index contributed by atoms with van der Waals surface area (Å²) in [5.74, 6) is 1.76. The summed E-state index contributed by atoms with van der Waals surface area (Å²) in [6.45, 7) is 2.56. The number of rotatable bonds is 4. The maximum Gasteiger partial charge on any atom is 0.259 e. The van der Waals surface area contributed by atoms with Gasteiger partial charge in [-0.25, -0.2) is 4.98 Å². The normalized spacial score (nSPS) is 14.3. The van der Waals surface area contributed by atoms with Gasteiger partial charge >= 0.3 is 0 Å². The topological polar surface area (TPSA) is 84.6 Å². The second kappa shape index (κ2) is 7.45. The number of nitrogens with zero attached hydrogens (tertiary/aromatic N) is 5. The van der Waals surface area contributed by atoms with E-state index in [0.29, 0.717) is 49.1 Å². The highest BCUT2D eigenvalue weighted by molar-refractivity contribution is 5.96. The number of hydrogen-bond donors (Lipinski definition) is 0. The van der Waals surface area contributed by atoms with Gasteiger partial charge in [0.05, 0.1) is 13.4 Å². The van der Waals surface area contributed by atoms with Crippen molar-refractivity contribution in [3.8, 4) is 17.3 Å². The van der Waals surface area contributed by atoms with Crippen molar-refractivity contribution in [3.05, 3.63) is 54.4 Å². The molecule has 0 bridgehead atoms. The summed E-state index contributed by atoms with van der Waals surface area (Å²) < 4.78 is 10.5. The number of pyridine rings is 1. The zero-order valence-corrected chi connectivity index (χ0v) is 14.9. The third-order valence-corrected chi connectivity index (χ3v) is 4.51. The molecule has 3 aromatic heterocycles. The van der Waals surface area contributed by atoms with Crippen LogP contribution in [0.15, 0.2) is 53.3 Å². The summed E-state index contributed by atoms with van der Waals surface area (Å²) in [7, 11) is 1.52. The molecule has 0 aromatic carbocycles. The number of methoxy groups -OCH3 is 1. The van der Waals surface area contributed by atoms with Crippen molar-refractivity contribution in [3.63, 3.8) is 0 Å². The summed E-state index contributed by atoms with van der Waals surface area (Å²) in [6, 6.07) is 11.0. The van der Waals surface area contributed by atoms with E-state index in [1.807, 2.05) is 24.3 Å². The number of carbonyl (C=O) groups is 1. The molecule has 8 heteroatoms. The molecule has 0 radical (unpaired) electrons. The lowest BCUT2D eigenvalue weighted by atomic mass is 10.2.